The number of carbonyl (C=O) groups is 2. The number of H-pyrrole nitrogens is 1. The number of aromatic amines is 1. The molecule has 0 fully saturated rings. The van der Waals surface area contributed by atoms with Crippen LogP contribution in [0.1, 0.15) is 24.2 Å². The van der Waals surface area contributed by atoms with Crippen molar-refractivity contribution in [2.45, 2.75) is 25.3 Å². The molecule has 4 rings (SSSR count). The van der Waals surface area contributed by atoms with Crippen molar-refractivity contribution >= 4 is 34.9 Å². The topological polar surface area (TPSA) is 146 Å². The van der Waals surface area contributed by atoms with E-state index in [2.05, 4.69) is 25.6 Å². The first-order valence-electron chi connectivity index (χ1n) is 11.2. The van der Waals surface area contributed by atoms with E-state index in [0.29, 0.717) is 17.4 Å². The number of fused-ring (bicyclic) bond motifs is 1. The quantitative estimate of drug-likeness (QED) is 0.392. The van der Waals surface area contributed by atoms with Gasteiger partial charge in [0.25, 0.3) is 5.56 Å². The van der Waals surface area contributed by atoms with Gasteiger partial charge in [-0.15, -0.1) is 0 Å². The van der Waals surface area contributed by atoms with E-state index < -0.39 is 23.7 Å². The highest BCUT2D eigenvalue weighted by atomic mass is 16.6. The summed E-state index contributed by atoms with van der Waals surface area (Å²) < 4.78 is 5.09. The van der Waals surface area contributed by atoms with Gasteiger partial charge in [0.05, 0.1) is 16.7 Å². The maximum Gasteiger partial charge on any atom is 0.413 e. The predicted octanol–water partition coefficient (Wildman–Crippen LogP) is 2.50. The van der Waals surface area contributed by atoms with Crippen molar-refractivity contribution in [3.8, 4) is 5.75 Å². The van der Waals surface area contributed by atoms with Crippen molar-refractivity contribution in [1.82, 2.24) is 20.6 Å². The minimum Gasteiger partial charge on any atom is -0.480 e. The van der Waals surface area contributed by atoms with Gasteiger partial charge in [0.2, 0.25) is 0 Å². The Morgan fingerprint density at radius 2 is 2.03 bits per heavy atom. The van der Waals surface area contributed by atoms with Crippen LogP contribution in [0.2, 0.25) is 0 Å². The second-order valence-corrected chi connectivity index (χ2v) is 7.95. The molecule has 0 spiro atoms. The smallest absolute Gasteiger partial charge is 0.413 e. The Morgan fingerprint density at radius 1 is 1.20 bits per heavy atom. The first-order chi connectivity index (χ1) is 17.0. The van der Waals surface area contributed by atoms with Gasteiger partial charge in [0, 0.05) is 25.9 Å². The number of nitrogens with zero attached hydrogens (tertiary/aromatic N) is 2. The van der Waals surface area contributed by atoms with Crippen LogP contribution in [0.15, 0.2) is 64.4 Å². The van der Waals surface area contributed by atoms with E-state index in [-0.39, 0.29) is 18.0 Å². The summed E-state index contributed by atoms with van der Waals surface area (Å²) in [7, 11) is 0. The summed E-state index contributed by atoms with van der Waals surface area (Å²) in [5.74, 6) is 0.151. The third-order valence-corrected chi connectivity index (χ3v) is 5.33. The standard InChI is InChI=1S/C25H25N5O5/c31-23-18-14-16(6-4-12-26-21-9-5-13-27-21)10-11-19(18)28-22(30-23)15-20(24(32)33)29-25(34)35-17-7-2-1-3-8-17/h1-4,6-8,10-11,14,20H,5,9,12-13,15H2,(H,26,27)(H,29,34)(H,32,33)(H,28,30,31)/b6-4+/t20-/m0/s1. The van der Waals surface area contributed by atoms with Gasteiger partial charge < -0.3 is 25.5 Å². The van der Waals surface area contributed by atoms with Gasteiger partial charge in [0.1, 0.15) is 17.6 Å². The molecule has 1 aromatic heterocycles. The number of rotatable bonds is 8. The Labute approximate surface area is 200 Å². The summed E-state index contributed by atoms with van der Waals surface area (Å²) in [5, 5.41) is 15.5. The Balaban J connectivity index is 1.42. The molecule has 0 unspecified atom stereocenters. The molecule has 0 saturated carbocycles. The number of amides is 1. The van der Waals surface area contributed by atoms with E-state index in [4.69, 9.17) is 4.74 Å². The number of hydrogen-bond acceptors (Lipinski definition) is 7. The lowest BCUT2D eigenvalue weighted by atomic mass is 10.1. The molecular weight excluding hydrogens is 450 g/mol. The summed E-state index contributed by atoms with van der Waals surface area (Å²) >= 11 is 0. The zero-order valence-electron chi connectivity index (χ0n) is 18.9. The third kappa shape index (κ3) is 6.53. The van der Waals surface area contributed by atoms with Crippen LogP contribution < -0.4 is 20.9 Å². The molecule has 0 aliphatic carbocycles. The summed E-state index contributed by atoms with van der Waals surface area (Å²) in [6.07, 6.45) is 4.77. The van der Waals surface area contributed by atoms with Crippen LogP contribution in [0.5, 0.6) is 5.75 Å². The van der Waals surface area contributed by atoms with Crippen molar-refractivity contribution in [3.63, 3.8) is 0 Å². The van der Waals surface area contributed by atoms with E-state index in [1.54, 1.807) is 42.5 Å². The van der Waals surface area contributed by atoms with E-state index >= 15 is 0 Å². The van der Waals surface area contributed by atoms with Gasteiger partial charge in [-0.3, -0.25) is 9.79 Å². The molecule has 4 N–H and O–H groups in total. The fourth-order valence-corrected chi connectivity index (χ4v) is 3.62. The van der Waals surface area contributed by atoms with Gasteiger partial charge in [-0.2, -0.15) is 0 Å². The number of para-hydroxylation sites is 1. The fraction of sp³-hybridized carbons (Fsp3) is 0.240. The number of aliphatic carboxylic acids is 1. The van der Waals surface area contributed by atoms with E-state index in [1.165, 1.54) is 0 Å². The maximum absolute atomic E-state index is 12.7. The summed E-state index contributed by atoms with van der Waals surface area (Å²) in [5.41, 5.74) is 0.867. The van der Waals surface area contributed by atoms with Crippen LogP contribution >= 0.6 is 0 Å². The predicted molar refractivity (Wildman–Crippen MR) is 132 cm³/mol. The number of carboxylic acids is 1. The summed E-state index contributed by atoms with van der Waals surface area (Å²) in [4.78, 5) is 47.8. The maximum atomic E-state index is 12.7. The van der Waals surface area contributed by atoms with Crippen LogP contribution in [-0.2, 0) is 11.2 Å². The van der Waals surface area contributed by atoms with Crippen molar-refractivity contribution in [2.24, 2.45) is 4.99 Å². The van der Waals surface area contributed by atoms with Crippen LogP contribution in [0.3, 0.4) is 0 Å². The zero-order chi connectivity index (χ0) is 24.6. The number of aromatic nitrogens is 2. The molecule has 0 bridgehead atoms. The highest BCUT2D eigenvalue weighted by molar-refractivity contribution is 5.84. The lowest BCUT2D eigenvalue weighted by Crippen LogP contribution is -2.44. The first kappa shape index (κ1) is 23.7. The van der Waals surface area contributed by atoms with Crippen LogP contribution in [0, 0.1) is 0 Å². The molecule has 0 saturated heterocycles. The van der Waals surface area contributed by atoms with Gasteiger partial charge in [-0.1, -0.05) is 36.4 Å². The zero-order valence-corrected chi connectivity index (χ0v) is 18.9. The number of benzene rings is 2. The highest BCUT2D eigenvalue weighted by Gasteiger charge is 2.23. The average molecular weight is 476 g/mol. The van der Waals surface area contributed by atoms with Gasteiger partial charge in [-0.05, 0) is 36.2 Å². The molecule has 180 valence electrons. The number of carboxylic acid groups (broad SMARTS) is 1. The lowest BCUT2D eigenvalue weighted by Gasteiger charge is -2.14. The summed E-state index contributed by atoms with van der Waals surface area (Å²) in [6, 6.07) is 12.2. The lowest BCUT2D eigenvalue weighted by molar-refractivity contribution is -0.139. The normalized spacial score (nSPS) is 14.0. The molecule has 1 aliphatic heterocycles. The molecule has 0 radical (unpaired) electrons. The van der Waals surface area contributed by atoms with Gasteiger partial charge in [-0.25, -0.2) is 14.6 Å². The molecule has 1 amide bonds. The van der Waals surface area contributed by atoms with Crippen LogP contribution in [0.25, 0.3) is 17.0 Å². The third-order valence-electron chi connectivity index (χ3n) is 5.33. The number of nitrogens with one attached hydrogen (secondary N) is 3. The van der Waals surface area contributed by atoms with Crippen molar-refractivity contribution < 1.29 is 19.4 Å². The van der Waals surface area contributed by atoms with Crippen molar-refractivity contribution in [1.29, 1.82) is 0 Å². The van der Waals surface area contributed by atoms with Gasteiger partial charge >= 0.3 is 12.1 Å². The fourth-order valence-electron chi connectivity index (χ4n) is 3.62. The Hall–Kier alpha value is -4.47. The first-order valence-corrected chi connectivity index (χ1v) is 11.2. The number of aliphatic imine (C=N–C) groups is 1. The molecular formula is C25H25N5O5. The van der Waals surface area contributed by atoms with E-state index in [9.17, 15) is 19.5 Å². The van der Waals surface area contributed by atoms with Crippen molar-refractivity contribution in [3.05, 3.63) is 76.3 Å². The van der Waals surface area contributed by atoms with Gasteiger partial charge in [0.15, 0.2) is 0 Å². The minimum atomic E-state index is -1.34. The van der Waals surface area contributed by atoms with Crippen molar-refractivity contribution in [2.75, 3.05) is 13.1 Å². The van der Waals surface area contributed by atoms with Crippen LogP contribution in [-0.4, -0.2) is 52.1 Å². The van der Waals surface area contributed by atoms with E-state index in [0.717, 1.165) is 30.8 Å². The summed E-state index contributed by atoms with van der Waals surface area (Å²) in [6.45, 7) is 1.51. The average Bonchev–Trinajstić information content (AvgIpc) is 3.36. The second-order valence-electron chi connectivity index (χ2n) is 7.95. The molecule has 2 heterocycles. The van der Waals surface area contributed by atoms with Crippen LogP contribution in [0.4, 0.5) is 4.79 Å². The second kappa shape index (κ2) is 11.1. The Kier molecular flexibility index (Phi) is 7.51. The molecule has 2 aromatic carbocycles. The Bertz CT molecular complexity index is 1330. The number of amidine groups is 1. The minimum absolute atomic E-state index is 0.139. The molecule has 10 heteroatoms. The van der Waals surface area contributed by atoms with E-state index in [1.807, 2.05) is 18.2 Å². The monoisotopic (exact) mass is 475 g/mol. The number of carbonyl (C=O) groups excluding carboxylic acids is 1. The SMILES string of the molecule is O=C(N[C@@H](Cc1nc2ccc(/C=C/CNC3=NCCC3)cc2c(=O)[nH]1)C(=O)O)Oc1ccccc1. The largest absolute Gasteiger partial charge is 0.480 e. The molecule has 3 aromatic rings. The molecule has 10 nitrogen and oxygen atoms in total. The molecule has 1 aliphatic rings. The number of ether oxygens (including phenoxy) is 1. The molecule has 1 atom stereocenters. The number of hydrogen-bond donors (Lipinski definition) is 4. The molecule has 35 heavy (non-hydrogen) atoms. The Morgan fingerprint density at radius 3 is 2.77 bits per heavy atom. The highest BCUT2D eigenvalue weighted by Crippen LogP contribution is 2.13.